The summed E-state index contributed by atoms with van der Waals surface area (Å²) >= 11 is 0. The smallest absolute Gasteiger partial charge is 0.198 e. The molecule has 80 valence electrons. The van der Waals surface area contributed by atoms with E-state index in [2.05, 4.69) is 0 Å². The topological polar surface area (TPSA) is 52.3 Å². The van der Waals surface area contributed by atoms with Gasteiger partial charge in [-0.25, -0.2) is 0 Å². The van der Waals surface area contributed by atoms with Crippen molar-refractivity contribution in [3.05, 3.63) is 11.8 Å². The highest BCUT2D eigenvalue weighted by molar-refractivity contribution is 5.94. The molecule has 1 aliphatic heterocycles. The lowest BCUT2D eigenvalue weighted by molar-refractivity contribution is -0.119. The van der Waals surface area contributed by atoms with E-state index >= 15 is 0 Å². The minimum absolute atomic E-state index is 0.0323. The molecule has 1 aliphatic rings. The van der Waals surface area contributed by atoms with Gasteiger partial charge in [0.1, 0.15) is 0 Å². The van der Waals surface area contributed by atoms with Crippen LogP contribution in [-0.2, 0) is 9.53 Å². The van der Waals surface area contributed by atoms with Gasteiger partial charge < -0.3 is 10.5 Å². The number of hydrogen-bond acceptors (Lipinski definition) is 3. The van der Waals surface area contributed by atoms with Gasteiger partial charge in [-0.15, -0.1) is 0 Å². The Hall–Kier alpha value is -0.830. The first-order valence-electron chi connectivity index (χ1n) is 5.03. The van der Waals surface area contributed by atoms with Gasteiger partial charge in [-0.2, -0.15) is 0 Å². The molecule has 0 saturated heterocycles. The van der Waals surface area contributed by atoms with Crippen molar-refractivity contribution in [3.8, 4) is 0 Å². The lowest BCUT2D eigenvalue weighted by Gasteiger charge is -2.26. The molecule has 2 N–H and O–H groups in total. The van der Waals surface area contributed by atoms with Crippen LogP contribution in [0, 0.1) is 5.41 Å². The summed E-state index contributed by atoms with van der Waals surface area (Å²) in [5.41, 5.74) is 5.88. The van der Waals surface area contributed by atoms with Crippen LogP contribution in [0.25, 0.3) is 0 Å². The predicted octanol–water partition coefficient (Wildman–Crippen LogP) is 1.62. The van der Waals surface area contributed by atoms with Gasteiger partial charge in [-0.3, -0.25) is 4.79 Å². The van der Waals surface area contributed by atoms with Gasteiger partial charge in [0.2, 0.25) is 0 Å². The molecule has 0 fully saturated rings. The number of carbonyl (C=O) groups excluding carboxylic acids is 1. The average Bonchev–Trinajstić information content (AvgIpc) is 2.53. The standard InChI is InChI=1S/C11H19NO2/c1-11(2,3)10(12)7-8(13)9-5-4-6-14-9/h5,10H,4,6-7,12H2,1-3H3. The van der Waals surface area contributed by atoms with Crippen LogP contribution in [0.2, 0.25) is 0 Å². The molecule has 1 heterocycles. The van der Waals surface area contributed by atoms with Crippen molar-refractivity contribution in [1.82, 2.24) is 0 Å². The van der Waals surface area contributed by atoms with E-state index in [0.717, 1.165) is 6.42 Å². The lowest BCUT2D eigenvalue weighted by Crippen LogP contribution is -2.37. The maximum absolute atomic E-state index is 11.6. The molecule has 0 aromatic rings. The van der Waals surface area contributed by atoms with E-state index < -0.39 is 0 Å². The highest BCUT2D eigenvalue weighted by Crippen LogP contribution is 2.22. The van der Waals surface area contributed by atoms with Crippen molar-refractivity contribution >= 4 is 5.78 Å². The van der Waals surface area contributed by atoms with Crippen LogP contribution in [0.15, 0.2) is 11.8 Å². The number of carbonyl (C=O) groups is 1. The summed E-state index contributed by atoms with van der Waals surface area (Å²) in [7, 11) is 0. The zero-order chi connectivity index (χ0) is 10.8. The molecule has 1 atom stereocenters. The molecule has 0 aromatic heterocycles. The van der Waals surface area contributed by atoms with E-state index in [1.54, 1.807) is 0 Å². The maximum atomic E-state index is 11.6. The highest BCUT2D eigenvalue weighted by Gasteiger charge is 2.25. The van der Waals surface area contributed by atoms with Crippen LogP contribution in [-0.4, -0.2) is 18.4 Å². The van der Waals surface area contributed by atoms with Gasteiger partial charge in [0.25, 0.3) is 0 Å². The number of allylic oxidation sites excluding steroid dienone is 1. The first kappa shape index (κ1) is 11.2. The Kier molecular flexibility index (Phi) is 3.32. The Bertz CT molecular complexity index is 251. The summed E-state index contributed by atoms with van der Waals surface area (Å²) in [6.45, 7) is 6.74. The molecule has 1 unspecified atom stereocenters. The minimum Gasteiger partial charge on any atom is -0.490 e. The van der Waals surface area contributed by atoms with Crippen LogP contribution in [0.4, 0.5) is 0 Å². The number of Topliss-reactive ketones (excluding diaryl/α,β-unsaturated/α-hetero) is 1. The van der Waals surface area contributed by atoms with Crippen molar-refractivity contribution in [3.63, 3.8) is 0 Å². The zero-order valence-electron chi connectivity index (χ0n) is 9.17. The maximum Gasteiger partial charge on any atom is 0.198 e. The largest absolute Gasteiger partial charge is 0.490 e. The van der Waals surface area contributed by atoms with Crippen LogP contribution in [0.5, 0.6) is 0 Å². The minimum atomic E-state index is -0.111. The molecule has 0 aromatic carbocycles. The molecule has 0 spiro atoms. The first-order chi connectivity index (χ1) is 6.41. The second kappa shape index (κ2) is 4.13. The molecule has 3 heteroatoms. The van der Waals surface area contributed by atoms with E-state index in [9.17, 15) is 4.79 Å². The fourth-order valence-corrected chi connectivity index (χ4v) is 1.22. The molecular weight excluding hydrogens is 178 g/mol. The van der Waals surface area contributed by atoms with E-state index in [4.69, 9.17) is 10.5 Å². The molecule has 0 radical (unpaired) electrons. The van der Waals surface area contributed by atoms with Crippen molar-refractivity contribution in [1.29, 1.82) is 0 Å². The SMILES string of the molecule is CC(C)(C)C(N)CC(=O)C1=CCCO1. The second-order valence-electron chi connectivity index (χ2n) is 4.81. The number of hydrogen-bond donors (Lipinski definition) is 1. The number of rotatable bonds is 3. The Morgan fingerprint density at radius 3 is 2.71 bits per heavy atom. The molecule has 0 bridgehead atoms. The van der Waals surface area contributed by atoms with E-state index in [1.807, 2.05) is 26.8 Å². The lowest BCUT2D eigenvalue weighted by atomic mass is 9.84. The average molecular weight is 197 g/mol. The van der Waals surface area contributed by atoms with Crippen molar-refractivity contribution in [2.45, 2.75) is 39.7 Å². The first-order valence-corrected chi connectivity index (χ1v) is 5.03. The molecule has 0 saturated carbocycles. The number of nitrogens with two attached hydrogens (primary N) is 1. The van der Waals surface area contributed by atoms with Crippen molar-refractivity contribution in [2.75, 3.05) is 6.61 Å². The van der Waals surface area contributed by atoms with Crippen LogP contribution >= 0.6 is 0 Å². The van der Waals surface area contributed by atoms with Gasteiger partial charge in [0, 0.05) is 18.9 Å². The molecule has 0 amide bonds. The number of ketones is 1. The molecular formula is C11H19NO2. The Labute approximate surface area is 85.3 Å². The summed E-state index contributed by atoms with van der Waals surface area (Å²) < 4.78 is 5.18. The predicted molar refractivity (Wildman–Crippen MR) is 55.7 cm³/mol. The molecule has 14 heavy (non-hydrogen) atoms. The van der Waals surface area contributed by atoms with Gasteiger partial charge in [-0.1, -0.05) is 20.8 Å². The van der Waals surface area contributed by atoms with Crippen molar-refractivity contribution < 1.29 is 9.53 Å². The fraction of sp³-hybridized carbons (Fsp3) is 0.727. The summed E-state index contributed by atoms with van der Waals surface area (Å²) in [6, 6.07) is -0.111. The van der Waals surface area contributed by atoms with E-state index in [1.165, 1.54) is 0 Å². The Morgan fingerprint density at radius 1 is 1.64 bits per heavy atom. The van der Waals surface area contributed by atoms with Crippen molar-refractivity contribution in [2.24, 2.45) is 11.1 Å². The van der Waals surface area contributed by atoms with E-state index in [-0.39, 0.29) is 17.2 Å². The summed E-state index contributed by atoms with van der Waals surface area (Å²) in [5.74, 6) is 0.537. The van der Waals surface area contributed by atoms with Crippen LogP contribution in [0.3, 0.4) is 0 Å². The fourth-order valence-electron chi connectivity index (χ4n) is 1.22. The van der Waals surface area contributed by atoms with Gasteiger partial charge >= 0.3 is 0 Å². The van der Waals surface area contributed by atoms with E-state index in [0.29, 0.717) is 18.8 Å². The van der Waals surface area contributed by atoms with Gasteiger partial charge in [0.15, 0.2) is 11.5 Å². The number of ether oxygens (including phenoxy) is 1. The highest BCUT2D eigenvalue weighted by atomic mass is 16.5. The molecule has 0 aliphatic carbocycles. The van der Waals surface area contributed by atoms with Crippen LogP contribution in [0.1, 0.15) is 33.6 Å². The Balaban J connectivity index is 2.48. The quantitative estimate of drug-likeness (QED) is 0.748. The third-order valence-corrected chi connectivity index (χ3v) is 2.50. The second-order valence-corrected chi connectivity index (χ2v) is 4.81. The van der Waals surface area contributed by atoms with Crippen LogP contribution < -0.4 is 5.73 Å². The van der Waals surface area contributed by atoms with Gasteiger partial charge in [0.05, 0.1) is 6.61 Å². The molecule has 1 rings (SSSR count). The third-order valence-electron chi connectivity index (χ3n) is 2.50. The Morgan fingerprint density at radius 2 is 2.29 bits per heavy atom. The monoisotopic (exact) mass is 197 g/mol. The van der Waals surface area contributed by atoms with Gasteiger partial charge in [-0.05, 0) is 11.5 Å². The zero-order valence-corrected chi connectivity index (χ0v) is 9.17. The third kappa shape index (κ3) is 2.84. The summed E-state index contributed by atoms with van der Waals surface area (Å²) in [6.07, 6.45) is 3.05. The summed E-state index contributed by atoms with van der Waals surface area (Å²) in [5, 5.41) is 0. The molecule has 3 nitrogen and oxygen atoms in total. The summed E-state index contributed by atoms with van der Waals surface area (Å²) in [4.78, 5) is 11.6. The normalized spacial score (nSPS) is 18.7.